The Hall–Kier alpha value is -7.70. The van der Waals surface area contributed by atoms with E-state index in [1.54, 1.807) is 0 Å². The molecule has 0 aliphatic rings. The molecule has 0 bridgehead atoms. The number of hydrogen-bond donors (Lipinski definition) is 0. The third-order valence-electron chi connectivity index (χ3n) is 10.6. The van der Waals surface area contributed by atoms with Crippen molar-refractivity contribution in [2.75, 3.05) is 0 Å². The number of aromatic nitrogens is 6. The molecule has 0 saturated heterocycles. The first-order valence-electron chi connectivity index (χ1n) is 18.7. The SMILES string of the molecule is c1ccc(-c2cccc(-c3ccc(-n4c5ccccc5c5cc6c7ccccc7n(-c7nc(-c8ccccc8)nc(-c8ccccc8)n7)c6cc54)cc3)n2)cc1. The number of nitrogens with zero attached hydrogens (tertiary/aromatic N) is 6. The highest BCUT2D eigenvalue weighted by Gasteiger charge is 2.21. The molecule has 0 N–H and O–H groups in total. The Morgan fingerprint density at radius 3 is 1.32 bits per heavy atom. The van der Waals surface area contributed by atoms with Crippen LogP contribution >= 0.6 is 0 Å². The van der Waals surface area contributed by atoms with E-state index in [9.17, 15) is 0 Å². The van der Waals surface area contributed by atoms with E-state index in [1.807, 2.05) is 78.9 Å². The Bertz CT molecular complexity index is 3160. The second kappa shape index (κ2) is 13.0. The summed E-state index contributed by atoms with van der Waals surface area (Å²) in [6.45, 7) is 0. The summed E-state index contributed by atoms with van der Waals surface area (Å²) >= 11 is 0. The minimum atomic E-state index is 0.570. The van der Waals surface area contributed by atoms with Crippen LogP contribution in [0.1, 0.15) is 0 Å². The molecule has 4 aromatic heterocycles. The van der Waals surface area contributed by atoms with Gasteiger partial charge in [-0.1, -0.05) is 146 Å². The van der Waals surface area contributed by atoms with Gasteiger partial charge in [0.05, 0.1) is 33.5 Å². The number of fused-ring (bicyclic) bond motifs is 6. The Morgan fingerprint density at radius 2 is 0.750 bits per heavy atom. The van der Waals surface area contributed by atoms with Crippen molar-refractivity contribution in [3.05, 3.63) is 194 Å². The maximum Gasteiger partial charge on any atom is 0.238 e. The molecule has 262 valence electrons. The van der Waals surface area contributed by atoms with E-state index >= 15 is 0 Å². The summed E-state index contributed by atoms with van der Waals surface area (Å²) in [5.41, 5.74) is 11.3. The fourth-order valence-corrected chi connectivity index (χ4v) is 7.97. The largest absolute Gasteiger partial charge is 0.309 e. The molecule has 0 unspecified atom stereocenters. The average Bonchev–Trinajstić information content (AvgIpc) is 3.78. The maximum absolute atomic E-state index is 5.17. The first-order chi connectivity index (χ1) is 27.8. The lowest BCUT2D eigenvalue weighted by molar-refractivity contribution is 0.953. The molecule has 56 heavy (non-hydrogen) atoms. The summed E-state index contributed by atoms with van der Waals surface area (Å²) < 4.78 is 4.56. The van der Waals surface area contributed by atoms with Gasteiger partial charge in [0.15, 0.2) is 11.6 Å². The molecule has 0 amide bonds. The van der Waals surface area contributed by atoms with Gasteiger partial charge in [0.2, 0.25) is 5.95 Å². The van der Waals surface area contributed by atoms with Gasteiger partial charge in [-0.2, -0.15) is 9.97 Å². The van der Waals surface area contributed by atoms with Crippen LogP contribution < -0.4 is 0 Å². The van der Waals surface area contributed by atoms with E-state index in [0.717, 1.165) is 72.2 Å². The average molecular weight is 717 g/mol. The first-order valence-corrected chi connectivity index (χ1v) is 18.7. The van der Waals surface area contributed by atoms with Gasteiger partial charge in [-0.05, 0) is 48.5 Å². The molecule has 0 fully saturated rings. The fraction of sp³-hybridized carbons (Fsp3) is 0. The van der Waals surface area contributed by atoms with Gasteiger partial charge >= 0.3 is 0 Å². The molecule has 11 aromatic rings. The van der Waals surface area contributed by atoms with Gasteiger partial charge in [-0.25, -0.2) is 9.97 Å². The summed E-state index contributed by atoms with van der Waals surface area (Å²) in [7, 11) is 0. The predicted molar refractivity (Wildman–Crippen MR) is 228 cm³/mol. The number of benzene rings is 7. The Labute approximate surface area is 322 Å². The quantitative estimate of drug-likeness (QED) is 0.172. The summed E-state index contributed by atoms with van der Waals surface area (Å²) in [4.78, 5) is 20.3. The normalized spacial score (nSPS) is 11.6. The fourth-order valence-electron chi connectivity index (χ4n) is 7.97. The van der Waals surface area contributed by atoms with Crippen LogP contribution in [-0.2, 0) is 0 Å². The molecule has 7 aromatic carbocycles. The molecule has 6 heteroatoms. The third-order valence-corrected chi connectivity index (χ3v) is 10.6. The van der Waals surface area contributed by atoms with Crippen LogP contribution in [0.15, 0.2) is 194 Å². The summed E-state index contributed by atoms with van der Waals surface area (Å²) in [6.07, 6.45) is 0. The van der Waals surface area contributed by atoms with Crippen molar-refractivity contribution in [2.45, 2.75) is 0 Å². The highest BCUT2D eigenvalue weighted by atomic mass is 15.2. The lowest BCUT2D eigenvalue weighted by atomic mass is 10.1. The molecule has 0 aliphatic heterocycles. The number of rotatable bonds is 6. The van der Waals surface area contributed by atoms with E-state index in [-0.39, 0.29) is 0 Å². The maximum atomic E-state index is 5.17. The molecule has 6 nitrogen and oxygen atoms in total. The molecule has 0 spiro atoms. The Balaban J connectivity index is 1.13. The number of pyridine rings is 1. The van der Waals surface area contributed by atoms with Gasteiger partial charge in [0, 0.05) is 49.5 Å². The van der Waals surface area contributed by atoms with E-state index in [2.05, 4.69) is 124 Å². The van der Waals surface area contributed by atoms with Crippen LogP contribution in [0.2, 0.25) is 0 Å². The van der Waals surface area contributed by atoms with Crippen LogP contribution in [-0.4, -0.2) is 29.1 Å². The van der Waals surface area contributed by atoms with Crippen molar-refractivity contribution in [1.29, 1.82) is 0 Å². The van der Waals surface area contributed by atoms with Crippen LogP contribution in [0.3, 0.4) is 0 Å². The Morgan fingerprint density at radius 1 is 0.286 bits per heavy atom. The summed E-state index contributed by atoms with van der Waals surface area (Å²) in [5.74, 6) is 1.82. The summed E-state index contributed by atoms with van der Waals surface area (Å²) in [6, 6.07) is 67.3. The predicted octanol–water partition coefficient (Wildman–Crippen LogP) is 12.1. The van der Waals surface area contributed by atoms with Gasteiger partial charge in [-0.3, -0.25) is 4.57 Å². The summed E-state index contributed by atoms with van der Waals surface area (Å²) in [5, 5.41) is 4.65. The van der Waals surface area contributed by atoms with Gasteiger partial charge in [0.25, 0.3) is 0 Å². The van der Waals surface area contributed by atoms with Crippen molar-refractivity contribution < 1.29 is 0 Å². The van der Waals surface area contributed by atoms with Gasteiger partial charge < -0.3 is 4.57 Å². The second-order valence-electron chi connectivity index (χ2n) is 13.9. The van der Waals surface area contributed by atoms with Crippen LogP contribution in [0.4, 0.5) is 0 Å². The molecule has 0 radical (unpaired) electrons. The zero-order chi connectivity index (χ0) is 37.0. The Kier molecular flexibility index (Phi) is 7.38. The highest BCUT2D eigenvalue weighted by molar-refractivity contribution is 6.19. The minimum absolute atomic E-state index is 0.570. The molecule has 11 rings (SSSR count). The molecular formula is C50H32N6. The lowest BCUT2D eigenvalue weighted by Gasteiger charge is -2.12. The highest BCUT2D eigenvalue weighted by Crippen LogP contribution is 2.40. The minimum Gasteiger partial charge on any atom is -0.309 e. The third kappa shape index (κ3) is 5.27. The second-order valence-corrected chi connectivity index (χ2v) is 13.9. The first kappa shape index (κ1) is 31.8. The smallest absolute Gasteiger partial charge is 0.238 e. The molecule has 4 heterocycles. The van der Waals surface area contributed by atoms with E-state index in [1.165, 1.54) is 10.8 Å². The van der Waals surface area contributed by atoms with Crippen molar-refractivity contribution in [2.24, 2.45) is 0 Å². The monoisotopic (exact) mass is 716 g/mol. The van der Waals surface area contributed by atoms with E-state index in [0.29, 0.717) is 17.6 Å². The van der Waals surface area contributed by atoms with Crippen molar-refractivity contribution in [3.63, 3.8) is 0 Å². The van der Waals surface area contributed by atoms with Crippen LogP contribution in [0, 0.1) is 0 Å². The number of hydrogen-bond acceptors (Lipinski definition) is 4. The molecule has 0 saturated carbocycles. The van der Waals surface area contributed by atoms with Crippen molar-refractivity contribution in [1.82, 2.24) is 29.1 Å². The molecule has 0 aliphatic carbocycles. The zero-order valence-electron chi connectivity index (χ0n) is 30.2. The topological polar surface area (TPSA) is 61.4 Å². The van der Waals surface area contributed by atoms with Gasteiger partial charge in [0.1, 0.15) is 0 Å². The molecule has 0 atom stereocenters. The van der Waals surface area contributed by atoms with Gasteiger partial charge in [-0.15, -0.1) is 0 Å². The van der Waals surface area contributed by atoms with E-state index < -0.39 is 0 Å². The standard InChI is InChI=1S/C50H32N6/c1-4-15-33(16-5-1)42-23-14-24-43(51-42)34-27-29-37(30-28-34)55-44-25-12-10-21-38(44)40-31-41-39-22-11-13-26-45(39)56(47(41)32-46(40)55)50-53-48(35-17-6-2-7-18-35)52-49(54-50)36-19-8-3-9-20-36/h1-32H. The van der Waals surface area contributed by atoms with Crippen molar-refractivity contribution >= 4 is 43.6 Å². The van der Waals surface area contributed by atoms with E-state index in [4.69, 9.17) is 19.9 Å². The lowest BCUT2D eigenvalue weighted by Crippen LogP contribution is -2.06. The number of para-hydroxylation sites is 2. The molecular weight excluding hydrogens is 685 g/mol. The van der Waals surface area contributed by atoms with Crippen molar-refractivity contribution in [3.8, 4) is 56.9 Å². The zero-order valence-corrected chi connectivity index (χ0v) is 30.2. The van der Waals surface area contributed by atoms with Crippen LogP contribution in [0.25, 0.3) is 101 Å². The van der Waals surface area contributed by atoms with Crippen LogP contribution in [0.5, 0.6) is 0 Å².